The molecule has 0 bridgehead atoms. The Kier molecular flexibility index (Phi) is 8.17. The summed E-state index contributed by atoms with van der Waals surface area (Å²) < 4.78 is 8.95. The van der Waals surface area contributed by atoms with E-state index in [1.807, 2.05) is 12.3 Å². The van der Waals surface area contributed by atoms with Gasteiger partial charge in [0.2, 0.25) is 0 Å². The summed E-state index contributed by atoms with van der Waals surface area (Å²) in [5.41, 5.74) is 10.9. The zero-order valence-corrected chi connectivity index (χ0v) is 32.5. The van der Waals surface area contributed by atoms with Crippen LogP contribution in [0, 0.1) is 0 Å². The predicted molar refractivity (Wildman–Crippen MR) is 223 cm³/mol. The fraction of sp³-hybridized carbons (Fsp3) is 0.271. The molecule has 0 atom stereocenters. The number of ether oxygens (including phenoxy) is 1. The standard InChI is InChI=1S/C48H50N4O/c1-46(2,3)32-23-24-49-45(28-32)52-41-18-11-10-17-39(41)40-22-21-38(30-44(40)52)53-37-16-14-15-35(29-37)50-31-51(43-20-13-12-19-42(43)50)36-26-33(47(4,5)6)25-34(27-36)48(7,8)9/h10-30H,31H2,1-9H3. The molecule has 0 unspecified atom stereocenters. The maximum atomic E-state index is 6.68. The van der Waals surface area contributed by atoms with Gasteiger partial charge in [-0.25, -0.2) is 4.98 Å². The molecule has 0 saturated carbocycles. The summed E-state index contributed by atoms with van der Waals surface area (Å²) in [7, 11) is 0. The summed E-state index contributed by atoms with van der Waals surface area (Å²) in [6.45, 7) is 21.2. The highest BCUT2D eigenvalue weighted by Crippen LogP contribution is 2.46. The van der Waals surface area contributed by atoms with Crippen LogP contribution >= 0.6 is 0 Å². The monoisotopic (exact) mass is 698 g/mol. The van der Waals surface area contributed by atoms with Crippen molar-refractivity contribution in [2.24, 2.45) is 0 Å². The number of pyridine rings is 1. The molecule has 5 nitrogen and oxygen atoms in total. The van der Waals surface area contributed by atoms with Crippen molar-refractivity contribution >= 4 is 44.6 Å². The van der Waals surface area contributed by atoms with E-state index in [2.05, 4.69) is 192 Å². The van der Waals surface area contributed by atoms with Crippen LogP contribution in [-0.2, 0) is 16.2 Å². The summed E-state index contributed by atoms with van der Waals surface area (Å²) in [5.74, 6) is 2.48. The smallest absolute Gasteiger partial charge is 0.137 e. The highest BCUT2D eigenvalue weighted by molar-refractivity contribution is 6.09. The van der Waals surface area contributed by atoms with Crippen molar-refractivity contribution in [2.75, 3.05) is 16.5 Å². The molecule has 0 radical (unpaired) electrons. The second-order valence-electron chi connectivity index (χ2n) is 17.5. The van der Waals surface area contributed by atoms with Crippen molar-refractivity contribution in [1.82, 2.24) is 9.55 Å². The largest absolute Gasteiger partial charge is 0.457 e. The first-order valence-corrected chi connectivity index (χ1v) is 18.7. The molecule has 5 aromatic carbocycles. The van der Waals surface area contributed by atoms with Gasteiger partial charge in [0, 0.05) is 40.5 Å². The van der Waals surface area contributed by atoms with Gasteiger partial charge >= 0.3 is 0 Å². The molecule has 0 amide bonds. The molecular formula is C48H50N4O. The Hall–Kier alpha value is -5.55. The maximum absolute atomic E-state index is 6.68. The number of benzene rings is 5. The molecule has 7 aromatic rings. The third kappa shape index (κ3) is 6.43. The molecule has 2 aromatic heterocycles. The normalized spacial score (nSPS) is 13.6. The highest BCUT2D eigenvalue weighted by atomic mass is 16.5. The van der Waals surface area contributed by atoms with Crippen LogP contribution in [0.4, 0.5) is 22.7 Å². The van der Waals surface area contributed by atoms with Crippen LogP contribution in [0.1, 0.15) is 79.0 Å². The second-order valence-corrected chi connectivity index (χ2v) is 17.5. The number of rotatable bonds is 5. The van der Waals surface area contributed by atoms with E-state index < -0.39 is 0 Å². The van der Waals surface area contributed by atoms with Crippen LogP contribution in [0.3, 0.4) is 0 Å². The van der Waals surface area contributed by atoms with Crippen molar-refractivity contribution < 1.29 is 4.74 Å². The number of nitrogens with zero attached hydrogens (tertiary/aromatic N) is 4. The van der Waals surface area contributed by atoms with Crippen LogP contribution in [0.15, 0.2) is 128 Å². The van der Waals surface area contributed by atoms with Crippen molar-refractivity contribution in [1.29, 1.82) is 0 Å². The van der Waals surface area contributed by atoms with E-state index in [1.165, 1.54) is 44.5 Å². The van der Waals surface area contributed by atoms with Gasteiger partial charge in [0.1, 0.15) is 24.0 Å². The van der Waals surface area contributed by atoms with Gasteiger partial charge in [-0.3, -0.25) is 4.57 Å². The van der Waals surface area contributed by atoms with E-state index >= 15 is 0 Å². The summed E-state index contributed by atoms with van der Waals surface area (Å²) in [6, 6.07) is 43.6. The third-order valence-electron chi connectivity index (χ3n) is 10.6. The Morgan fingerprint density at radius 1 is 0.491 bits per heavy atom. The van der Waals surface area contributed by atoms with Crippen molar-refractivity contribution in [3.8, 4) is 17.3 Å². The lowest BCUT2D eigenvalue weighted by Crippen LogP contribution is -2.25. The van der Waals surface area contributed by atoms with E-state index in [4.69, 9.17) is 9.72 Å². The van der Waals surface area contributed by atoms with E-state index in [9.17, 15) is 0 Å². The molecule has 268 valence electrons. The minimum atomic E-state index is 0.00839. The van der Waals surface area contributed by atoms with Crippen LogP contribution < -0.4 is 14.5 Å². The third-order valence-corrected chi connectivity index (χ3v) is 10.6. The Labute approximate surface area is 314 Å². The van der Waals surface area contributed by atoms with E-state index in [0.29, 0.717) is 6.67 Å². The van der Waals surface area contributed by atoms with Gasteiger partial charge in [-0.2, -0.15) is 0 Å². The van der Waals surface area contributed by atoms with E-state index in [-0.39, 0.29) is 16.2 Å². The van der Waals surface area contributed by atoms with E-state index in [0.717, 1.165) is 34.0 Å². The van der Waals surface area contributed by atoms with Crippen molar-refractivity contribution in [2.45, 2.75) is 78.6 Å². The molecule has 0 aliphatic carbocycles. The number of hydrogen-bond donors (Lipinski definition) is 0. The average molecular weight is 699 g/mol. The Morgan fingerprint density at radius 2 is 1.09 bits per heavy atom. The molecule has 5 heteroatoms. The van der Waals surface area contributed by atoms with Crippen molar-refractivity contribution in [3.63, 3.8) is 0 Å². The first-order valence-electron chi connectivity index (χ1n) is 18.7. The first-order chi connectivity index (χ1) is 25.1. The summed E-state index contributed by atoms with van der Waals surface area (Å²) in [6.07, 6.45) is 1.92. The maximum Gasteiger partial charge on any atom is 0.137 e. The summed E-state index contributed by atoms with van der Waals surface area (Å²) >= 11 is 0. The van der Waals surface area contributed by atoms with Gasteiger partial charge in [-0.15, -0.1) is 0 Å². The SMILES string of the molecule is CC(C)(C)c1cc(N2CN(c3cccc(Oc4ccc5c6ccccc6n(-c6cc(C(C)(C)C)ccn6)c5c4)c3)c3ccccc32)cc(C(C)(C)C)c1. The van der Waals surface area contributed by atoms with E-state index in [1.54, 1.807) is 0 Å². The zero-order chi connectivity index (χ0) is 37.3. The summed E-state index contributed by atoms with van der Waals surface area (Å²) in [4.78, 5) is 9.69. The quantitative estimate of drug-likeness (QED) is 0.179. The zero-order valence-electron chi connectivity index (χ0n) is 32.5. The molecule has 3 heterocycles. The molecule has 0 spiro atoms. The van der Waals surface area contributed by atoms with Gasteiger partial charge in [-0.05, 0) is 99.7 Å². The Morgan fingerprint density at radius 3 is 1.77 bits per heavy atom. The minimum absolute atomic E-state index is 0.00839. The topological polar surface area (TPSA) is 33.5 Å². The molecule has 0 N–H and O–H groups in total. The molecule has 1 aliphatic heterocycles. The first kappa shape index (κ1) is 34.5. The minimum Gasteiger partial charge on any atom is -0.457 e. The number of hydrogen-bond acceptors (Lipinski definition) is 4. The van der Waals surface area contributed by atoms with Gasteiger partial charge in [-0.1, -0.05) is 105 Å². The molecular weight excluding hydrogens is 649 g/mol. The van der Waals surface area contributed by atoms with Crippen LogP contribution in [-0.4, -0.2) is 16.2 Å². The number of para-hydroxylation sites is 3. The molecule has 53 heavy (non-hydrogen) atoms. The number of anilines is 4. The number of fused-ring (bicyclic) bond motifs is 4. The van der Waals surface area contributed by atoms with Crippen molar-refractivity contribution in [3.05, 3.63) is 144 Å². The molecule has 8 rings (SSSR count). The fourth-order valence-corrected chi connectivity index (χ4v) is 7.41. The average Bonchev–Trinajstić information content (AvgIpc) is 3.67. The lowest BCUT2D eigenvalue weighted by Gasteiger charge is -2.29. The summed E-state index contributed by atoms with van der Waals surface area (Å²) in [5, 5.41) is 2.36. The van der Waals surface area contributed by atoms with Crippen LogP contribution in [0.5, 0.6) is 11.5 Å². The lowest BCUT2D eigenvalue weighted by molar-refractivity contribution is 0.483. The van der Waals surface area contributed by atoms with Gasteiger partial charge in [0.15, 0.2) is 0 Å². The van der Waals surface area contributed by atoms with Gasteiger partial charge in [0.05, 0.1) is 22.4 Å². The molecule has 0 saturated heterocycles. The number of aromatic nitrogens is 2. The molecule has 0 fully saturated rings. The lowest BCUT2D eigenvalue weighted by atomic mass is 9.80. The van der Waals surface area contributed by atoms with Crippen LogP contribution in [0.2, 0.25) is 0 Å². The Bertz CT molecular complexity index is 2460. The highest BCUT2D eigenvalue weighted by Gasteiger charge is 2.30. The van der Waals surface area contributed by atoms with Gasteiger partial charge < -0.3 is 14.5 Å². The fourth-order valence-electron chi connectivity index (χ4n) is 7.41. The second kappa shape index (κ2) is 12.5. The van der Waals surface area contributed by atoms with Gasteiger partial charge in [0.25, 0.3) is 0 Å². The van der Waals surface area contributed by atoms with Crippen LogP contribution in [0.25, 0.3) is 27.6 Å². The molecule has 1 aliphatic rings. The predicted octanol–water partition coefficient (Wildman–Crippen LogP) is 13.1. The Balaban J connectivity index is 1.15.